The number of hydrogen-bond donors (Lipinski definition) is 0. The van der Waals surface area contributed by atoms with Crippen LogP contribution in [0.15, 0.2) is 0 Å². The van der Waals surface area contributed by atoms with Crippen molar-refractivity contribution in [1.82, 2.24) is 0 Å². The van der Waals surface area contributed by atoms with Gasteiger partial charge < -0.3 is 4.74 Å². The molecule has 5 heteroatoms. The van der Waals surface area contributed by atoms with Crippen LogP contribution in [0.4, 0.5) is 0 Å². The van der Waals surface area contributed by atoms with Crippen LogP contribution in [0, 0.1) is 0 Å². The van der Waals surface area contributed by atoms with Crippen molar-refractivity contribution in [3.8, 4) is 0 Å². The fourth-order valence-electron chi connectivity index (χ4n) is 1.85. The van der Waals surface area contributed by atoms with Gasteiger partial charge in [0.1, 0.15) is 4.58 Å². The van der Waals surface area contributed by atoms with Gasteiger partial charge >= 0.3 is 0 Å². The SMILES string of the molecule is O=S1CCCS(=O)C1[C@@H]1CCCO1. The maximum atomic E-state index is 11.6. The van der Waals surface area contributed by atoms with Gasteiger partial charge in [-0.3, -0.25) is 8.42 Å². The van der Waals surface area contributed by atoms with E-state index in [1.165, 1.54) is 0 Å². The smallest absolute Gasteiger partial charge is 0.136 e. The molecule has 2 fully saturated rings. The van der Waals surface area contributed by atoms with Gasteiger partial charge in [-0.25, -0.2) is 0 Å². The van der Waals surface area contributed by atoms with Crippen LogP contribution >= 0.6 is 0 Å². The number of rotatable bonds is 1. The van der Waals surface area contributed by atoms with E-state index in [0.717, 1.165) is 25.9 Å². The standard InChI is InChI=1S/C8H14O3S2/c9-12-5-2-6-13(10)8(12)7-3-1-4-11-7/h7-8H,1-6H2/t7-,8?,12?,13?/m0/s1. The molecule has 0 N–H and O–H groups in total. The molecule has 2 rings (SSSR count). The zero-order chi connectivity index (χ0) is 9.26. The van der Waals surface area contributed by atoms with Crippen molar-refractivity contribution < 1.29 is 13.2 Å². The first-order chi connectivity index (χ1) is 6.29. The van der Waals surface area contributed by atoms with Crippen molar-refractivity contribution in [3.63, 3.8) is 0 Å². The molecule has 0 aromatic heterocycles. The quantitative estimate of drug-likeness (QED) is 0.645. The molecule has 0 aliphatic carbocycles. The van der Waals surface area contributed by atoms with Crippen LogP contribution in [-0.4, -0.2) is 37.2 Å². The summed E-state index contributed by atoms with van der Waals surface area (Å²) in [6.07, 6.45) is 2.79. The number of ether oxygens (including phenoxy) is 1. The molecular weight excluding hydrogens is 208 g/mol. The molecule has 0 amide bonds. The highest BCUT2D eigenvalue weighted by molar-refractivity contribution is 8.03. The minimum Gasteiger partial charge on any atom is -0.376 e. The molecule has 0 radical (unpaired) electrons. The summed E-state index contributed by atoms with van der Waals surface area (Å²) in [6.45, 7) is 0.746. The van der Waals surface area contributed by atoms with Crippen molar-refractivity contribution in [2.45, 2.75) is 29.9 Å². The predicted molar refractivity (Wildman–Crippen MR) is 53.4 cm³/mol. The predicted octanol–water partition coefficient (Wildman–Crippen LogP) is 0.393. The van der Waals surface area contributed by atoms with Crippen LogP contribution in [0.1, 0.15) is 19.3 Å². The monoisotopic (exact) mass is 222 g/mol. The molecular formula is C8H14O3S2. The maximum Gasteiger partial charge on any atom is 0.136 e. The molecule has 2 heterocycles. The van der Waals surface area contributed by atoms with Gasteiger partial charge in [0.05, 0.1) is 6.10 Å². The van der Waals surface area contributed by atoms with Crippen molar-refractivity contribution in [1.29, 1.82) is 0 Å². The zero-order valence-electron chi connectivity index (χ0n) is 7.44. The molecule has 0 aromatic rings. The average Bonchev–Trinajstić information content (AvgIpc) is 2.57. The summed E-state index contributed by atoms with van der Waals surface area (Å²) in [7, 11) is -1.85. The summed E-state index contributed by atoms with van der Waals surface area (Å²) in [6, 6.07) is 0. The molecule has 2 aliphatic heterocycles. The van der Waals surface area contributed by atoms with Crippen molar-refractivity contribution >= 4 is 21.6 Å². The van der Waals surface area contributed by atoms with Crippen LogP contribution < -0.4 is 0 Å². The third-order valence-corrected chi connectivity index (χ3v) is 6.79. The van der Waals surface area contributed by atoms with Gasteiger partial charge in [-0.15, -0.1) is 0 Å². The van der Waals surface area contributed by atoms with Crippen LogP contribution in [0.5, 0.6) is 0 Å². The lowest BCUT2D eigenvalue weighted by Gasteiger charge is -2.25. The molecule has 3 atom stereocenters. The fraction of sp³-hybridized carbons (Fsp3) is 1.00. The topological polar surface area (TPSA) is 43.4 Å². The van der Waals surface area contributed by atoms with E-state index in [-0.39, 0.29) is 10.7 Å². The fourth-order valence-corrected chi connectivity index (χ4v) is 6.00. The minimum atomic E-state index is -0.923. The van der Waals surface area contributed by atoms with E-state index in [4.69, 9.17) is 4.74 Å². The lowest BCUT2D eigenvalue weighted by molar-refractivity contribution is 0.121. The molecule has 2 unspecified atom stereocenters. The molecule has 2 saturated heterocycles. The van der Waals surface area contributed by atoms with E-state index >= 15 is 0 Å². The summed E-state index contributed by atoms with van der Waals surface area (Å²) >= 11 is 0. The van der Waals surface area contributed by atoms with E-state index in [1.807, 2.05) is 0 Å². The summed E-state index contributed by atoms with van der Waals surface area (Å²) in [5.41, 5.74) is 0. The molecule has 0 saturated carbocycles. The largest absolute Gasteiger partial charge is 0.376 e. The zero-order valence-corrected chi connectivity index (χ0v) is 9.07. The van der Waals surface area contributed by atoms with Crippen LogP contribution in [0.2, 0.25) is 0 Å². The van der Waals surface area contributed by atoms with Crippen LogP contribution in [0.25, 0.3) is 0 Å². The van der Waals surface area contributed by atoms with Gasteiger partial charge in [-0.05, 0) is 19.3 Å². The summed E-state index contributed by atoms with van der Waals surface area (Å²) in [5.74, 6) is 1.41. The Kier molecular flexibility index (Phi) is 3.16. The molecule has 0 aromatic carbocycles. The van der Waals surface area contributed by atoms with Crippen molar-refractivity contribution in [2.24, 2.45) is 0 Å². The Morgan fingerprint density at radius 2 is 1.77 bits per heavy atom. The highest BCUT2D eigenvalue weighted by Crippen LogP contribution is 2.25. The van der Waals surface area contributed by atoms with E-state index in [0.29, 0.717) is 11.5 Å². The number of hydrogen-bond acceptors (Lipinski definition) is 3. The van der Waals surface area contributed by atoms with Crippen LogP contribution in [-0.2, 0) is 26.3 Å². The van der Waals surface area contributed by atoms with Crippen LogP contribution in [0.3, 0.4) is 0 Å². The van der Waals surface area contributed by atoms with E-state index in [9.17, 15) is 8.42 Å². The Hall–Kier alpha value is 0.260. The van der Waals surface area contributed by atoms with Gasteiger partial charge in [0.25, 0.3) is 0 Å². The Labute approximate surface area is 83.1 Å². The van der Waals surface area contributed by atoms with Gasteiger partial charge in [0.2, 0.25) is 0 Å². The first-order valence-electron chi connectivity index (χ1n) is 4.65. The van der Waals surface area contributed by atoms with Gasteiger partial charge in [-0.2, -0.15) is 0 Å². The van der Waals surface area contributed by atoms with Gasteiger partial charge in [0, 0.05) is 39.7 Å². The van der Waals surface area contributed by atoms with E-state index < -0.39 is 21.6 Å². The van der Waals surface area contributed by atoms with Gasteiger partial charge in [0.15, 0.2) is 0 Å². The second kappa shape index (κ2) is 4.19. The molecule has 2 aliphatic rings. The highest BCUT2D eigenvalue weighted by atomic mass is 32.2. The molecule has 13 heavy (non-hydrogen) atoms. The second-order valence-corrected chi connectivity index (χ2v) is 7.10. The van der Waals surface area contributed by atoms with Crippen molar-refractivity contribution in [2.75, 3.05) is 18.1 Å². The summed E-state index contributed by atoms with van der Waals surface area (Å²) in [5, 5.41) is 0. The third-order valence-electron chi connectivity index (χ3n) is 2.48. The Balaban J connectivity index is 2.08. The Morgan fingerprint density at radius 3 is 2.31 bits per heavy atom. The first kappa shape index (κ1) is 9.80. The molecule has 0 bridgehead atoms. The average molecular weight is 222 g/mol. The molecule has 0 spiro atoms. The highest BCUT2D eigenvalue weighted by Gasteiger charge is 2.37. The minimum absolute atomic E-state index is 0.00182. The maximum absolute atomic E-state index is 11.6. The lowest BCUT2D eigenvalue weighted by Crippen LogP contribution is -2.39. The lowest BCUT2D eigenvalue weighted by atomic mass is 10.3. The van der Waals surface area contributed by atoms with Crippen molar-refractivity contribution in [3.05, 3.63) is 0 Å². The first-order valence-corrected chi connectivity index (χ1v) is 7.41. The van der Waals surface area contributed by atoms with E-state index in [2.05, 4.69) is 0 Å². The van der Waals surface area contributed by atoms with E-state index in [1.54, 1.807) is 0 Å². The Bertz CT molecular complexity index is 220. The third kappa shape index (κ3) is 2.02. The second-order valence-electron chi connectivity index (χ2n) is 3.44. The molecule has 76 valence electrons. The Morgan fingerprint density at radius 1 is 1.08 bits per heavy atom. The molecule has 3 nitrogen and oxygen atoms in total. The normalized spacial score (nSPS) is 46.5. The summed E-state index contributed by atoms with van der Waals surface area (Å²) in [4.78, 5) is 0. The van der Waals surface area contributed by atoms with Gasteiger partial charge in [-0.1, -0.05) is 0 Å². The summed E-state index contributed by atoms with van der Waals surface area (Å²) < 4.78 is 28.5.